The molecule has 1 saturated heterocycles. The number of aromatic nitrogens is 5. The highest BCUT2D eigenvalue weighted by Gasteiger charge is 2.24. The van der Waals surface area contributed by atoms with E-state index in [0.717, 1.165) is 52.3 Å². The van der Waals surface area contributed by atoms with Crippen LogP contribution in [0, 0.1) is 11.3 Å². The molecule has 1 aliphatic rings. The highest BCUT2D eigenvalue weighted by atomic mass is 16.5. The Kier molecular flexibility index (Phi) is 4.81. The maximum atomic E-state index is 9.15. The molecule has 8 nitrogen and oxygen atoms in total. The Morgan fingerprint density at radius 1 is 1.03 bits per heavy atom. The molecular formula is C23H21N7O. The fraction of sp³-hybridized carbons (Fsp3) is 0.261. The van der Waals surface area contributed by atoms with Crippen molar-refractivity contribution in [1.82, 2.24) is 25.1 Å². The lowest BCUT2D eigenvalue weighted by atomic mass is 10.0. The maximum absolute atomic E-state index is 9.15. The number of ether oxygens (including phenoxy) is 1. The summed E-state index contributed by atoms with van der Waals surface area (Å²) in [5, 5.41) is 17.7. The largest absolute Gasteiger partial charge is 0.372 e. The summed E-state index contributed by atoms with van der Waals surface area (Å²) in [6, 6.07) is 13.8. The number of H-pyrrole nitrogens is 1. The second-order valence-corrected chi connectivity index (χ2v) is 7.80. The molecule has 5 rings (SSSR count). The van der Waals surface area contributed by atoms with Gasteiger partial charge in [0.1, 0.15) is 29.6 Å². The van der Waals surface area contributed by atoms with Crippen molar-refractivity contribution >= 4 is 16.7 Å². The van der Waals surface area contributed by atoms with Gasteiger partial charge in [-0.25, -0.2) is 15.0 Å². The van der Waals surface area contributed by atoms with Crippen LogP contribution in [0.15, 0.2) is 48.9 Å². The van der Waals surface area contributed by atoms with Gasteiger partial charge in [0.05, 0.1) is 23.4 Å². The molecule has 1 fully saturated rings. The quantitative estimate of drug-likeness (QED) is 0.550. The van der Waals surface area contributed by atoms with E-state index in [2.05, 4.69) is 56.0 Å². The normalized spacial score (nSPS) is 18.8. The molecule has 4 aromatic rings. The summed E-state index contributed by atoms with van der Waals surface area (Å²) in [4.78, 5) is 15.3. The van der Waals surface area contributed by atoms with Gasteiger partial charge in [0.15, 0.2) is 0 Å². The first-order valence-corrected chi connectivity index (χ1v) is 10.2. The number of morpholine rings is 1. The number of nitrogens with one attached hydrogen (secondary N) is 1. The Labute approximate surface area is 179 Å². The standard InChI is InChI=1S/C23H21N7O/c1-14-11-30(12-15(2)31-14)22-9-21(26-13-27-22)23-19-8-16(3-4-20(19)28-29-23)17-5-6-25-18(7-17)10-24/h3-9,13-15H,11-12H2,1-2H3,(H,28,29)/t14-,15+. The van der Waals surface area contributed by atoms with Gasteiger partial charge in [-0.15, -0.1) is 0 Å². The lowest BCUT2D eigenvalue weighted by Crippen LogP contribution is -2.45. The van der Waals surface area contributed by atoms with Crippen molar-refractivity contribution in [3.63, 3.8) is 0 Å². The lowest BCUT2D eigenvalue weighted by Gasteiger charge is -2.36. The lowest BCUT2D eigenvalue weighted by molar-refractivity contribution is -0.00546. The maximum Gasteiger partial charge on any atom is 0.141 e. The first kappa shape index (κ1) is 19.2. The van der Waals surface area contributed by atoms with Gasteiger partial charge < -0.3 is 9.64 Å². The van der Waals surface area contributed by atoms with Crippen LogP contribution in [0.3, 0.4) is 0 Å². The zero-order chi connectivity index (χ0) is 21.4. The van der Waals surface area contributed by atoms with E-state index in [1.54, 1.807) is 18.6 Å². The number of pyridine rings is 1. The molecule has 0 aliphatic carbocycles. The number of aromatic amines is 1. The summed E-state index contributed by atoms with van der Waals surface area (Å²) >= 11 is 0. The molecule has 0 amide bonds. The molecule has 1 N–H and O–H groups in total. The Bertz CT molecular complexity index is 1280. The van der Waals surface area contributed by atoms with Crippen LogP contribution in [0.25, 0.3) is 33.4 Å². The molecule has 2 atom stereocenters. The first-order valence-electron chi connectivity index (χ1n) is 10.2. The van der Waals surface area contributed by atoms with E-state index in [4.69, 9.17) is 10.00 Å². The predicted octanol–water partition coefficient (Wildman–Crippen LogP) is 3.57. The number of benzene rings is 1. The van der Waals surface area contributed by atoms with Crippen molar-refractivity contribution in [2.45, 2.75) is 26.1 Å². The second kappa shape index (κ2) is 7.78. The van der Waals surface area contributed by atoms with E-state index in [-0.39, 0.29) is 12.2 Å². The Hall–Kier alpha value is -3.83. The molecule has 3 aromatic heterocycles. The smallest absolute Gasteiger partial charge is 0.141 e. The van der Waals surface area contributed by atoms with E-state index >= 15 is 0 Å². The minimum Gasteiger partial charge on any atom is -0.372 e. The molecule has 0 saturated carbocycles. The fourth-order valence-corrected chi connectivity index (χ4v) is 4.07. The number of nitrogens with zero attached hydrogens (tertiary/aromatic N) is 6. The number of hydrogen-bond acceptors (Lipinski definition) is 7. The SMILES string of the molecule is C[C@@H]1CN(c2cc(-c3n[nH]c4ccc(-c5ccnc(C#N)c5)cc34)ncn2)C[C@H](C)O1. The summed E-state index contributed by atoms with van der Waals surface area (Å²) in [7, 11) is 0. The van der Waals surface area contributed by atoms with Crippen molar-refractivity contribution < 1.29 is 4.74 Å². The van der Waals surface area contributed by atoms with Crippen LogP contribution < -0.4 is 4.90 Å². The number of rotatable bonds is 3. The zero-order valence-corrected chi connectivity index (χ0v) is 17.3. The first-order chi connectivity index (χ1) is 15.1. The Morgan fingerprint density at radius 2 is 1.84 bits per heavy atom. The van der Waals surface area contributed by atoms with Gasteiger partial charge in [-0.1, -0.05) is 6.07 Å². The molecule has 0 radical (unpaired) electrons. The summed E-state index contributed by atoms with van der Waals surface area (Å²) in [6.45, 7) is 5.72. The van der Waals surface area contributed by atoms with Gasteiger partial charge in [-0.3, -0.25) is 5.10 Å². The highest BCUT2D eigenvalue weighted by molar-refractivity contribution is 5.95. The third-order valence-corrected chi connectivity index (χ3v) is 5.41. The molecule has 1 aliphatic heterocycles. The molecular weight excluding hydrogens is 390 g/mol. The van der Waals surface area contributed by atoms with Crippen LogP contribution in [-0.2, 0) is 4.74 Å². The Morgan fingerprint density at radius 3 is 2.65 bits per heavy atom. The van der Waals surface area contributed by atoms with Crippen LogP contribution in [0.4, 0.5) is 5.82 Å². The summed E-state index contributed by atoms with van der Waals surface area (Å²) in [6.07, 6.45) is 3.53. The van der Waals surface area contributed by atoms with Gasteiger partial charge in [-0.05, 0) is 49.2 Å². The fourth-order valence-electron chi connectivity index (χ4n) is 4.07. The predicted molar refractivity (Wildman–Crippen MR) is 117 cm³/mol. The van der Waals surface area contributed by atoms with Crippen molar-refractivity contribution in [2.75, 3.05) is 18.0 Å². The van der Waals surface area contributed by atoms with Gasteiger partial charge in [0.25, 0.3) is 0 Å². The van der Waals surface area contributed by atoms with Crippen molar-refractivity contribution in [2.24, 2.45) is 0 Å². The zero-order valence-electron chi connectivity index (χ0n) is 17.3. The number of fused-ring (bicyclic) bond motifs is 1. The number of hydrogen-bond donors (Lipinski definition) is 1. The Balaban J connectivity index is 1.54. The van der Waals surface area contributed by atoms with Crippen LogP contribution in [-0.4, -0.2) is 50.4 Å². The summed E-state index contributed by atoms with van der Waals surface area (Å²) in [5.74, 6) is 0.868. The minimum absolute atomic E-state index is 0.148. The number of nitriles is 1. The third-order valence-electron chi connectivity index (χ3n) is 5.41. The summed E-state index contributed by atoms with van der Waals surface area (Å²) < 4.78 is 5.84. The molecule has 0 bridgehead atoms. The van der Waals surface area contributed by atoms with Gasteiger partial charge in [-0.2, -0.15) is 10.4 Å². The van der Waals surface area contributed by atoms with Crippen molar-refractivity contribution in [3.8, 4) is 28.6 Å². The van der Waals surface area contributed by atoms with Crippen molar-refractivity contribution in [1.29, 1.82) is 5.26 Å². The van der Waals surface area contributed by atoms with E-state index in [1.165, 1.54) is 0 Å². The molecule has 4 heterocycles. The monoisotopic (exact) mass is 411 g/mol. The van der Waals surface area contributed by atoms with Crippen molar-refractivity contribution in [3.05, 3.63) is 54.6 Å². The van der Waals surface area contributed by atoms with Gasteiger partial charge >= 0.3 is 0 Å². The molecule has 8 heteroatoms. The average Bonchev–Trinajstić information content (AvgIpc) is 3.22. The van der Waals surface area contributed by atoms with Crippen LogP contribution in [0.5, 0.6) is 0 Å². The van der Waals surface area contributed by atoms with Crippen LogP contribution in [0.1, 0.15) is 19.5 Å². The topological polar surface area (TPSA) is 104 Å². The van der Waals surface area contributed by atoms with Crippen LogP contribution in [0.2, 0.25) is 0 Å². The highest BCUT2D eigenvalue weighted by Crippen LogP contribution is 2.31. The van der Waals surface area contributed by atoms with Gasteiger partial charge in [0.2, 0.25) is 0 Å². The summed E-state index contributed by atoms with van der Waals surface area (Å²) in [5.41, 5.74) is 4.75. The van der Waals surface area contributed by atoms with E-state index in [9.17, 15) is 0 Å². The minimum atomic E-state index is 0.148. The second-order valence-electron chi connectivity index (χ2n) is 7.80. The molecule has 0 spiro atoms. The average molecular weight is 411 g/mol. The molecule has 154 valence electrons. The van der Waals surface area contributed by atoms with E-state index in [0.29, 0.717) is 5.69 Å². The molecule has 31 heavy (non-hydrogen) atoms. The van der Waals surface area contributed by atoms with E-state index < -0.39 is 0 Å². The number of anilines is 1. The molecule has 0 unspecified atom stereocenters. The van der Waals surface area contributed by atoms with E-state index in [1.807, 2.05) is 24.3 Å². The molecule has 1 aromatic carbocycles. The van der Waals surface area contributed by atoms with Gasteiger partial charge in [0, 0.05) is 30.7 Å². The third kappa shape index (κ3) is 3.71. The van der Waals surface area contributed by atoms with Crippen LogP contribution >= 0.6 is 0 Å².